The van der Waals surface area contributed by atoms with Crippen LogP contribution in [0.4, 0.5) is 0 Å². The molecule has 0 heterocycles. The number of aliphatic carboxylic acids is 1. The number of nitrogens with one attached hydrogen (secondary N) is 1. The summed E-state index contributed by atoms with van der Waals surface area (Å²) in [5.41, 5.74) is 0. The van der Waals surface area contributed by atoms with Gasteiger partial charge in [0.05, 0.1) is 6.61 Å². The minimum Gasteiger partial charge on any atom is -0.481 e. The maximum atomic E-state index is 11.3. The molecule has 0 aromatic rings. The van der Waals surface area contributed by atoms with Crippen LogP contribution in [0.25, 0.3) is 0 Å². The van der Waals surface area contributed by atoms with Crippen LogP contribution in [-0.4, -0.2) is 47.3 Å². The minimum atomic E-state index is -1.14. The minimum absolute atomic E-state index is 0.00970. The van der Waals surface area contributed by atoms with Gasteiger partial charge in [-0.2, -0.15) is 0 Å². The number of esters is 1. The average molecular weight is 259 g/mol. The Morgan fingerprint density at radius 1 is 1.33 bits per heavy atom. The number of ether oxygens (including phenoxy) is 1. The number of amides is 1. The molecule has 7 nitrogen and oxygen atoms in total. The van der Waals surface area contributed by atoms with Crippen molar-refractivity contribution in [2.75, 3.05) is 13.2 Å². The van der Waals surface area contributed by atoms with Gasteiger partial charge in [-0.05, 0) is 6.42 Å². The Labute approximate surface area is 104 Å². The van der Waals surface area contributed by atoms with Crippen molar-refractivity contribution in [2.24, 2.45) is 0 Å². The molecular weight excluding hydrogens is 242 g/mol. The first-order valence-electron chi connectivity index (χ1n) is 5.40. The fraction of sp³-hybridized carbons (Fsp3) is 0.545. The van der Waals surface area contributed by atoms with Crippen LogP contribution in [0.2, 0.25) is 0 Å². The molecule has 7 heteroatoms. The van der Waals surface area contributed by atoms with Gasteiger partial charge in [-0.25, -0.2) is 4.79 Å². The summed E-state index contributed by atoms with van der Waals surface area (Å²) < 4.78 is 4.66. The summed E-state index contributed by atoms with van der Waals surface area (Å²) >= 11 is 0. The SMILES string of the molecule is C=CCOC(=O)C(CO)NC(=O)CCCC(=O)O. The molecule has 0 aliphatic heterocycles. The second-order valence-electron chi connectivity index (χ2n) is 3.47. The van der Waals surface area contributed by atoms with E-state index in [4.69, 9.17) is 10.2 Å². The molecule has 0 radical (unpaired) electrons. The van der Waals surface area contributed by atoms with E-state index in [1.54, 1.807) is 0 Å². The zero-order valence-corrected chi connectivity index (χ0v) is 9.92. The average Bonchev–Trinajstić information content (AvgIpc) is 2.32. The normalized spacial score (nSPS) is 11.4. The zero-order valence-electron chi connectivity index (χ0n) is 9.92. The Morgan fingerprint density at radius 3 is 2.50 bits per heavy atom. The Balaban J connectivity index is 4.03. The van der Waals surface area contributed by atoms with Crippen molar-refractivity contribution in [1.29, 1.82) is 0 Å². The summed E-state index contributed by atoms with van der Waals surface area (Å²) in [6.07, 6.45) is 1.37. The van der Waals surface area contributed by atoms with Crippen LogP contribution in [0, 0.1) is 0 Å². The summed E-state index contributed by atoms with van der Waals surface area (Å²) in [6, 6.07) is -1.14. The summed E-state index contributed by atoms with van der Waals surface area (Å²) in [4.78, 5) is 32.9. The van der Waals surface area contributed by atoms with Gasteiger partial charge in [0.15, 0.2) is 6.04 Å². The molecule has 0 saturated carbocycles. The number of carboxylic acid groups (broad SMARTS) is 1. The quantitative estimate of drug-likeness (QED) is 0.378. The number of carbonyl (C=O) groups excluding carboxylic acids is 2. The van der Waals surface area contributed by atoms with E-state index in [9.17, 15) is 14.4 Å². The highest BCUT2D eigenvalue weighted by Gasteiger charge is 2.20. The first-order valence-corrected chi connectivity index (χ1v) is 5.40. The molecular formula is C11H17NO6. The van der Waals surface area contributed by atoms with Crippen molar-refractivity contribution < 1.29 is 29.3 Å². The van der Waals surface area contributed by atoms with E-state index >= 15 is 0 Å². The van der Waals surface area contributed by atoms with Gasteiger partial charge < -0.3 is 20.3 Å². The monoisotopic (exact) mass is 259 g/mol. The number of aliphatic hydroxyl groups is 1. The van der Waals surface area contributed by atoms with Crippen LogP contribution in [-0.2, 0) is 19.1 Å². The van der Waals surface area contributed by atoms with Gasteiger partial charge in [0.25, 0.3) is 0 Å². The third-order valence-electron chi connectivity index (χ3n) is 1.94. The molecule has 0 aliphatic carbocycles. The standard InChI is InChI=1S/C11H17NO6/c1-2-6-18-11(17)8(7-13)12-9(14)4-3-5-10(15)16/h2,8,13H,1,3-7H2,(H,12,14)(H,15,16). The fourth-order valence-electron chi connectivity index (χ4n) is 1.09. The lowest BCUT2D eigenvalue weighted by Crippen LogP contribution is -2.44. The van der Waals surface area contributed by atoms with E-state index in [2.05, 4.69) is 16.6 Å². The van der Waals surface area contributed by atoms with Gasteiger partial charge in [-0.15, -0.1) is 0 Å². The van der Waals surface area contributed by atoms with E-state index in [1.807, 2.05) is 0 Å². The van der Waals surface area contributed by atoms with Crippen LogP contribution >= 0.6 is 0 Å². The third kappa shape index (κ3) is 7.39. The maximum Gasteiger partial charge on any atom is 0.331 e. The largest absolute Gasteiger partial charge is 0.481 e. The number of carbonyl (C=O) groups is 3. The van der Waals surface area contributed by atoms with Crippen LogP contribution < -0.4 is 5.32 Å². The molecule has 1 unspecified atom stereocenters. The topological polar surface area (TPSA) is 113 Å². The Kier molecular flexibility index (Phi) is 8.21. The molecule has 0 aromatic carbocycles. The van der Waals surface area contributed by atoms with Gasteiger partial charge in [0.1, 0.15) is 6.61 Å². The van der Waals surface area contributed by atoms with E-state index < -0.39 is 30.5 Å². The molecule has 0 fully saturated rings. The Hall–Kier alpha value is -1.89. The van der Waals surface area contributed by atoms with Crippen LogP contribution in [0.15, 0.2) is 12.7 Å². The molecule has 3 N–H and O–H groups in total. The number of hydrogen-bond donors (Lipinski definition) is 3. The van der Waals surface area contributed by atoms with E-state index in [0.717, 1.165) is 0 Å². The lowest BCUT2D eigenvalue weighted by molar-refractivity contribution is -0.148. The van der Waals surface area contributed by atoms with E-state index in [1.165, 1.54) is 6.08 Å². The van der Waals surface area contributed by atoms with Gasteiger partial charge >= 0.3 is 11.9 Å². The molecule has 0 saturated heterocycles. The van der Waals surface area contributed by atoms with Crippen molar-refractivity contribution in [3.8, 4) is 0 Å². The number of aliphatic hydroxyl groups excluding tert-OH is 1. The lowest BCUT2D eigenvalue weighted by atomic mass is 10.2. The van der Waals surface area contributed by atoms with Crippen molar-refractivity contribution in [2.45, 2.75) is 25.3 Å². The smallest absolute Gasteiger partial charge is 0.331 e. The van der Waals surface area contributed by atoms with Crippen LogP contribution in [0.1, 0.15) is 19.3 Å². The molecule has 1 atom stereocenters. The molecule has 1 amide bonds. The highest BCUT2D eigenvalue weighted by atomic mass is 16.5. The van der Waals surface area contributed by atoms with Gasteiger partial charge in [0.2, 0.25) is 5.91 Å². The van der Waals surface area contributed by atoms with E-state index in [-0.39, 0.29) is 25.9 Å². The van der Waals surface area contributed by atoms with Crippen LogP contribution in [0.3, 0.4) is 0 Å². The Bertz CT molecular complexity index is 315. The molecule has 18 heavy (non-hydrogen) atoms. The summed E-state index contributed by atoms with van der Waals surface area (Å²) in [5.74, 6) is -2.26. The fourth-order valence-corrected chi connectivity index (χ4v) is 1.09. The van der Waals surface area contributed by atoms with Crippen molar-refractivity contribution in [3.63, 3.8) is 0 Å². The summed E-state index contributed by atoms with van der Waals surface area (Å²) in [6.45, 7) is 2.76. The highest BCUT2D eigenvalue weighted by Crippen LogP contribution is 1.97. The van der Waals surface area contributed by atoms with Crippen molar-refractivity contribution in [1.82, 2.24) is 5.32 Å². The molecule has 0 bridgehead atoms. The molecule has 0 spiro atoms. The first kappa shape index (κ1) is 16.1. The predicted molar refractivity (Wildman–Crippen MR) is 61.7 cm³/mol. The number of hydrogen-bond acceptors (Lipinski definition) is 5. The first-order chi connectivity index (χ1) is 8.51. The maximum absolute atomic E-state index is 11.3. The van der Waals surface area contributed by atoms with Gasteiger partial charge in [-0.1, -0.05) is 12.7 Å². The van der Waals surface area contributed by atoms with Gasteiger partial charge in [0, 0.05) is 12.8 Å². The predicted octanol–water partition coefficient (Wildman–Crippen LogP) is -0.552. The van der Waals surface area contributed by atoms with Crippen molar-refractivity contribution in [3.05, 3.63) is 12.7 Å². The summed E-state index contributed by atoms with van der Waals surface area (Å²) in [7, 11) is 0. The molecule has 0 aromatic heterocycles. The number of rotatable bonds is 9. The van der Waals surface area contributed by atoms with E-state index in [0.29, 0.717) is 0 Å². The molecule has 0 aliphatic rings. The van der Waals surface area contributed by atoms with Crippen LogP contribution in [0.5, 0.6) is 0 Å². The van der Waals surface area contributed by atoms with Gasteiger partial charge in [-0.3, -0.25) is 9.59 Å². The highest BCUT2D eigenvalue weighted by molar-refractivity contribution is 5.84. The Morgan fingerprint density at radius 2 is 2.00 bits per heavy atom. The summed E-state index contributed by atoms with van der Waals surface area (Å²) in [5, 5.41) is 19.6. The lowest BCUT2D eigenvalue weighted by Gasteiger charge is -2.14. The molecule has 102 valence electrons. The van der Waals surface area contributed by atoms with Crippen molar-refractivity contribution >= 4 is 17.8 Å². The third-order valence-corrected chi connectivity index (χ3v) is 1.94. The number of carboxylic acids is 1. The second kappa shape index (κ2) is 9.17. The molecule has 0 rings (SSSR count). The second-order valence-corrected chi connectivity index (χ2v) is 3.47. The zero-order chi connectivity index (χ0) is 14.0.